The third-order valence-electron chi connectivity index (χ3n) is 2.16. The normalized spacial score (nSPS) is 12.9. The molecule has 0 bridgehead atoms. The van der Waals surface area contributed by atoms with Gasteiger partial charge in [0.2, 0.25) is 0 Å². The van der Waals surface area contributed by atoms with Crippen LogP contribution in [-0.2, 0) is 19.1 Å². The van der Waals surface area contributed by atoms with Crippen LogP contribution < -0.4 is 11.2 Å². The fourth-order valence-electron chi connectivity index (χ4n) is 1.15. The molecule has 0 aromatic carbocycles. The second-order valence-electron chi connectivity index (χ2n) is 3.87. The molecule has 0 saturated heterocycles. The van der Waals surface area contributed by atoms with Crippen LogP contribution in [0.2, 0.25) is 0 Å². The summed E-state index contributed by atoms with van der Waals surface area (Å²) >= 11 is 0. The Labute approximate surface area is 111 Å². The molecule has 8 heteroatoms. The molecule has 0 fully saturated rings. The number of rotatable bonds is 8. The van der Waals surface area contributed by atoms with Gasteiger partial charge in [-0.05, 0) is 19.3 Å². The van der Waals surface area contributed by atoms with Gasteiger partial charge in [-0.1, -0.05) is 0 Å². The minimum Gasteiger partial charge on any atom is -0.442 e. The van der Waals surface area contributed by atoms with E-state index in [0.29, 0.717) is 25.8 Å². The molecule has 0 spiro atoms. The van der Waals surface area contributed by atoms with Crippen LogP contribution in [0.15, 0.2) is 4.99 Å². The fourth-order valence-corrected chi connectivity index (χ4v) is 1.15. The number of carbonyl (C=O) groups is 2. The van der Waals surface area contributed by atoms with Crippen LogP contribution in [0.5, 0.6) is 0 Å². The summed E-state index contributed by atoms with van der Waals surface area (Å²) in [5.74, 6) is -0.947. The highest BCUT2D eigenvalue weighted by Gasteiger charge is 2.15. The number of hydrogen-bond donors (Lipinski definition) is 3. The second-order valence-corrected chi connectivity index (χ2v) is 3.87. The topological polar surface area (TPSA) is 123 Å². The maximum absolute atomic E-state index is 11.5. The summed E-state index contributed by atoms with van der Waals surface area (Å²) in [6.07, 6.45) is 1.85. The average Bonchev–Trinajstić information content (AvgIpc) is 2.33. The summed E-state index contributed by atoms with van der Waals surface area (Å²) in [4.78, 5) is 25.7. The van der Waals surface area contributed by atoms with E-state index in [2.05, 4.69) is 9.73 Å². The van der Waals surface area contributed by atoms with Crippen LogP contribution >= 0.6 is 0 Å². The molecule has 0 aliphatic heterocycles. The van der Waals surface area contributed by atoms with E-state index < -0.39 is 18.0 Å². The zero-order chi connectivity index (χ0) is 14.7. The van der Waals surface area contributed by atoms with Gasteiger partial charge in [-0.3, -0.25) is 4.79 Å². The Morgan fingerprint density at radius 1 is 1.37 bits per heavy atom. The van der Waals surface area contributed by atoms with Crippen LogP contribution in [0, 0.1) is 0 Å². The molecule has 0 aliphatic carbocycles. The summed E-state index contributed by atoms with van der Waals surface area (Å²) in [6.45, 7) is 2.99. The van der Waals surface area contributed by atoms with Gasteiger partial charge in [-0.25, -0.2) is 15.3 Å². The van der Waals surface area contributed by atoms with Gasteiger partial charge >= 0.3 is 11.9 Å². The van der Waals surface area contributed by atoms with Gasteiger partial charge in [0, 0.05) is 20.4 Å². The molecule has 8 nitrogen and oxygen atoms in total. The quantitative estimate of drug-likeness (QED) is 0.186. The maximum Gasteiger partial charge on any atom is 0.329 e. The number of nitrogens with two attached hydrogens (primary N) is 1. The van der Waals surface area contributed by atoms with E-state index in [1.54, 1.807) is 0 Å². The third-order valence-corrected chi connectivity index (χ3v) is 2.16. The van der Waals surface area contributed by atoms with Gasteiger partial charge < -0.3 is 20.4 Å². The van der Waals surface area contributed by atoms with Crippen molar-refractivity contribution >= 4 is 17.8 Å². The number of nitrogens with one attached hydrogen (secondary N) is 1. The summed E-state index contributed by atoms with van der Waals surface area (Å²) in [5.41, 5.74) is 7.64. The number of esters is 2. The smallest absolute Gasteiger partial charge is 0.329 e. The first-order valence-electron chi connectivity index (χ1n) is 5.96. The summed E-state index contributed by atoms with van der Waals surface area (Å²) < 4.78 is 9.45. The first kappa shape index (κ1) is 17.5. The molecular formula is C11H21N3O5. The lowest BCUT2D eigenvalue weighted by Gasteiger charge is -2.10. The van der Waals surface area contributed by atoms with Gasteiger partial charge in [-0.2, -0.15) is 0 Å². The van der Waals surface area contributed by atoms with Crippen LogP contribution in [0.4, 0.5) is 0 Å². The highest BCUT2D eigenvalue weighted by molar-refractivity contribution is 5.89. The van der Waals surface area contributed by atoms with Crippen molar-refractivity contribution in [3.05, 3.63) is 0 Å². The minimum atomic E-state index is -0.738. The molecule has 1 atom stereocenters. The lowest BCUT2D eigenvalue weighted by Crippen LogP contribution is -2.33. The fraction of sp³-hybridized carbons (Fsp3) is 0.727. The predicted octanol–water partition coefficient (Wildman–Crippen LogP) is -0.0550. The van der Waals surface area contributed by atoms with E-state index in [1.165, 1.54) is 13.8 Å². The molecule has 110 valence electrons. The van der Waals surface area contributed by atoms with E-state index in [4.69, 9.17) is 15.7 Å². The first-order chi connectivity index (χ1) is 8.97. The third kappa shape index (κ3) is 10.1. The number of hydroxylamine groups is 1. The van der Waals surface area contributed by atoms with Crippen LogP contribution in [-0.4, -0.2) is 42.4 Å². The maximum atomic E-state index is 11.5. The summed E-state index contributed by atoms with van der Waals surface area (Å²) in [6, 6.07) is -0.738. The average molecular weight is 275 g/mol. The highest BCUT2D eigenvalue weighted by Crippen LogP contribution is 2.01. The van der Waals surface area contributed by atoms with Crippen molar-refractivity contribution in [1.29, 1.82) is 0 Å². The largest absolute Gasteiger partial charge is 0.442 e. The highest BCUT2D eigenvalue weighted by atomic mass is 16.6. The van der Waals surface area contributed by atoms with E-state index >= 15 is 0 Å². The van der Waals surface area contributed by atoms with E-state index in [1.807, 2.05) is 5.48 Å². The number of hydrogen-bond acceptors (Lipinski definition) is 8. The molecule has 4 N–H and O–H groups in total. The standard InChI is InChI=1S/C11H21N3O5/c1-8(13-7-18-9(2)15)19-11(16)10(12)5-3-4-6-14-17/h10,14,17H,3-7,12H2,1-2H3/t10-/m0/s1. The predicted molar refractivity (Wildman–Crippen MR) is 67.4 cm³/mol. The van der Waals surface area contributed by atoms with Crippen molar-refractivity contribution in [2.75, 3.05) is 13.3 Å². The zero-order valence-electron chi connectivity index (χ0n) is 11.2. The first-order valence-corrected chi connectivity index (χ1v) is 5.96. The molecule has 0 saturated carbocycles. The lowest BCUT2D eigenvalue weighted by atomic mass is 10.1. The molecule has 0 aromatic heterocycles. The zero-order valence-corrected chi connectivity index (χ0v) is 11.2. The van der Waals surface area contributed by atoms with Gasteiger partial charge in [0.25, 0.3) is 0 Å². The van der Waals surface area contributed by atoms with E-state index in [-0.39, 0.29) is 12.6 Å². The number of carbonyl (C=O) groups excluding carboxylic acids is 2. The molecule has 0 amide bonds. The van der Waals surface area contributed by atoms with Crippen molar-refractivity contribution in [1.82, 2.24) is 5.48 Å². The Balaban J connectivity index is 3.90. The Morgan fingerprint density at radius 3 is 2.63 bits per heavy atom. The molecule has 0 heterocycles. The van der Waals surface area contributed by atoms with Gasteiger partial charge in [0.05, 0.1) is 0 Å². The Morgan fingerprint density at radius 2 is 2.05 bits per heavy atom. The molecule has 0 rings (SSSR count). The number of unbranched alkanes of at least 4 members (excludes halogenated alkanes) is 1. The van der Waals surface area contributed by atoms with Crippen molar-refractivity contribution in [3.8, 4) is 0 Å². The second kappa shape index (κ2) is 10.4. The van der Waals surface area contributed by atoms with Crippen LogP contribution in [0.3, 0.4) is 0 Å². The van der Waals surface area contributed by atoms with Crippen LogP contribution in [0.1, 0.15) is 33.1 Å². The van der Waals surface area contributed by atoms with E-state index in [0.717, 1.165) is 0 Å². The number of ether oxygens (including phenoxy) is 2. The number of nitrogens with zero attached hydrogens (tertiary/aromatic N) is 1. The van der Waals surface area contributed by atoms with Crippen LogP contribution in [0.25, 0.3) is 0 Å². The number of aliphatic imine (C=N–C) groups is 1. The van der Waals surface area contributed by atoms with Gasteiger partial charge in [0.1, 0.15) is 6.04 Å². The molecule has 0 aliphatic rings. The summed E-state index contributed by atoms with van der Waals surface area (Å²) in [7, 11) is 0. The Kier molecular flexibility index (Phi) is 9.59. The van der Waals surface area contributed by atoms with Crippen molar-refractivity contribution < 1.29 is 24.3 Å². The SMILES string of the molecule is CC(=O)OCN=C(C)OC(=O)[C@@H](N)CCCCNO. The monoisotopic (exact) mass is 275 g/mol. The van der Waals surface area contributed by atoms with Gasteiger partial charge in [0.15, 0.2) is 12.6 Å². The van der Waals surface area contributed by atoms with E-state index in [9.17, 15) is 9.59 Å². The van der Waals surface area contributed by atoms with Crippen molar-refractivity contribution in [2.24, 2.45) is 10.7 Å². The lowest BCUT2D eigenvalue weighted by molar-refractivity contribution is -0.140. The van der Waals surface area contributed by atoms with Crippen molar-refractivity contribution in [2.45, 2.75) is 39.2 Å². The van der Waals surface area contributed by atoms with Gasteiger partial charge in [-0.15, -0.1) is 0 Å². The molecule has 19 heavy (non-hydrogen) atoms. The van der Waals surface area contributed by atoms with Crippen molar-refractivity contribution in [3.63, 3.8) is 0 Å². The Bertz CT molecular complexity index is 319. The molecule has 0 aromatic rings. The summed E-state index contributed by atoms with van der Waals surface area (Å²) in [5, 5.41) is 8.36. The minimum absolute atomic E-state index is 0.0960. The molecule has 0 unspecified atom stereocenters. The Hall–Kier alpha value is -1.51. The molecule has 0 radical (unpaired) electrons. The molecular weight excluding hydrogens is 254 g/mol.